The zero-order chi connectivity index (χ0) is 53.1. The maximum Gasteiger partial charge on any atom is 0.159 e. The van der Waals surface area contributed by atoms with Crippen molar-refractivity contribution in [2.24, 2.45) is 0 Å². The Bertz CT molecular complexity index is 4340. The van der Waals surface area contributed by atoms with Crippen molar-refractivity contribution in [3.05, 3.63) is 240 Å². The smallest absolute Gasteiger partial charge is 0.159 e. The molecule has 0 atom stereocenters. The number of hydrogen-bond acceptors (Lipinski definition) is 4. The van der Waals surface area contributed by atoms with Crippen LogP contribution in [-0.2, 0) is 0 Å². The Labute approximate surface area is 455 Å². The summed E-state index contributed by atoms with van der Waals surface area (Å²) in [5, 5.41) is 11.9. The molecule has 0 fully saturated rings. The lowest BCUT2D eigenvalue weighted by molar-refractivity contribution is 0.665. The van der Waals surface area contributed by atoms with E-state index in [9.17, 15) is 0 Å². The van der Waals surface area contributed by atoms with Gasteiger partial charge in [0.2, 0.25) is 0 Å². The lowest BCUT2D eigenvalue weighted by Gasteiger charge is -2.32. The first-order valence-electron chi connectivity index (χ1n) is 27.5. The SMILES string of the molecule is Cc1ccc2c(oc3c(C)cccc32)c1N(c1ccc(-c2ccccc2)cc1)c1cc(C(C)C)c2ccc3c(N(c4ccc(-c5ccccc5)cc4)c4c(C)ccc5c4oc4c(C)cccc45)cc(C(C)C)c4ccc1c2c43. The second-order valence-corrected chi connectivity index (χ2v) is 22.2. The number of furan rings is 2. The summed E-state index contributed by atoms with van der Waals surface area (Å²) in [6.07, 6.45) is 0. The van der Waals surface area contributed by atoms with Crippen molar-refractivity contribution < 1.29 is 8.83 Å². The molecule has 4 heteroatoms. The molecule has 12 aromatic carbocycles. The minimum absolute atomic E-state index is 0.210. The van der Waals surface area contributed by atoms with Gasteiger partial charge in [-0.3, -0.25) is 0 Å². The number of hydrogen-bond donors (Lipinski definition) is 0. The van der Waals surface area contributed by atoms with Crippen LogP contribution < -0.4 is 9.80 Å². The van der Waals surface area contributed by atoms with Crippen LogP contribution in [0.15, 0.2) is 215 Å². The van der Waals surface area contributed by atoms with Gasteiger partial charge in [0.15, 0.2) is 11.2 Å². The van der Waals surface area contributed by atoms with Crippen molar-refractivity contribution in [1.82, 2.24) is 0 Å². The third-order valence-corrected chi connectivity index (χ3v) is 16.6. The van der Waals surface area contributed by atoms with Crippen LogP contribution in [0.4, 0.5) is 34.1 Å². The molecule has 0 aliphatic rings. The van der Waals surface area contributed by atoms with Crippen LogP contribution in [0.2, 0.25) is 0 Å². The van der Waals surface area contributed by atoms with E-state index < -0.39 is 0 Å². The molecule has 78 heavy (non-hydrogen) atoms. The molecule has 14 rings (SSSR count). The highest BCUT2D eigenvalue weighted by molar-refractivity contribution is 6.30. The highest BCUT2D eigenvalue weighted by atomic mass is 16.3. The standard InChI is InChI=1S/C74H60N2O2/c1-43(2)63-41-65(75(53-31-27-51(28-32-53)49-19-11-9-12-20-49)69-45(5)25-35-59-57-23-15-17-47(7)71(57)77-73(59)69)61-40-38-56-64(44(3)4)42-66(62-39-37-55(63)67(61)68(56)62)76(54-33-29-52(30-34-54)50-21-13-10-14-22-50)70-46(6)26-36-60-58-24-16-18-48(8)72(58)78-74(60)70/h9-44H,1-8H3. The molecule has 0 amide bonds. The van der Waals surface area contributed by atoms with Crippen LogP contribution in [0.3, 0.4) is 0 Å². The fraction of sp³-hybridized carbons (Fsp3) is 0.135. The van der Waals surface area contributed by atoms with E-state index in [2.05, 4.69) is 271 Å². The lowest BCUT2D eigenvalue weighted by atomic mass is 9.84. The molecular weight excluding hydrogens is 949 g/mol. The molecule has 2 heterocycles. The van der Waals surface area contributed by atoms with E-state index in [1.165, 1.54) is 65.7 Å². The van der Waals surface area contributed by atoms with Crippen LogP contribution in [0.5, 0.6) is 0 Å². The zero-order valence-electron chi connectivity index (χ0n) is 45.5. The normalized spacial score (nSPS) is 12.1. The van der Waals surface area contributed by atoms with Gasteiger partial charge in [-0.15, -0.1) is 0 Å². The quantitative estimate of drug-likeness (QED) is 0.128. The molecule has 0 aliphatic carbocycles. The lowest BCUT2D eigenvalue weighted by Crippen LogP contribution is -2.14. The van der Waals surface area contributed by atoms with Gasteiger partial charge in [-0.2, -0.15) is 0 Å². The molecule has 0 aliphatic heterocycles. The summed E-state index contributed by atoms with van der Waals surface area (Å²) in [5.41, 5.74) is 21.9. The topological polar surface area (TPSA) is 32.8 Å². The summed E-state index contributed by atoms with van der Waals surface area (Å²) < 4.78 is 14.3. The van der Waals surface area contributed by atoms with Gasteiger partial charge in [0, 0.05) is 43.7 Å². The fourth-order valence-electron chi connectivity index (χ4n) is 12.7. The average Bonchev–Trinajstić information content (AvgIpc) is 4.17. The second-order valence-electron chi connectivity index (χ2n) is 22.2. The Kier molecular flexibility index (Phi) is 11.1. The van der Waals surface area contributed by atoms with Gasteiger partial charge in [0.1, 0.15) is 11.2 Å². The Morgan fingerprint density at radius 1 is 0.295 bits per heavy atom. The highest BCUT2D eigenvalue weighted by Crippen LogP contribution is 2.54. The maximum atomic E-state index is 7.13. The minimum atomic E-state index is 0.210. The number of benzene rings is 12. The van der Waals surface area contributed by atoms with Crippen LogP contribution in [0.25, 0.3) is 98.4 Å². The van der Waals surface area contributed by atoms with Crippen LogP contribution in [-0.4, -0.2) is 0 Å². The number of aryl methyl sites for hydroxylation is 4. The number of rotatable bonds is 10. The van der Waals surface area contributed by atoms with E-state index in [1.54, 1.807) is 0 Å². The number of nitrogens with zero attached hydrogens (tertiary/aromatic N) is 2. The van der Waals surface area contributed by atoms with Crippen molar-refractivity contribution >= 4 is 110 Å². The summed E-state index contributed by atoms with van der Waals surface area (Å²) in [5.74, 6) is 0.420. The van der Waals surface area contributed by atoms with Gasteiger partial charge < -0.3 is 18.6 Å². The van der Waals surface area contributed by atoms with Gasteiger partial charge >= 0.3 is 0 Å². The summed E-state index contributed by atoms with van der Waals surface area (Å²) in [7, 11) is 0. The van der Waals surface area contributed by atoms with Crippen molar-refractivity contribution in [1.29, 1.82) is 0 Å². The molecule has 0 spiro atoms. The summed E-state index contributed by atoms with van der Waals surface area (Å²) in [6, 6.07) is 76.1. The van der Waals surface area contributed by atoms with Crippen molar-refractivity contribution in [3.63, 3.8) is 0 Å². The Hall–Kier alpha value is -9.12. The van der Waals surface area contributed by atoms with E-state index in [4.69, 9.17) is 8.83 Å². The third kappa shape index (κ3) is 7.34. The third-order valence-electron chi connectivity index (χ3n) is 16.6. The van der Waals surface area contributed by atoms with Gasteiger partial charge in [-0.25, -0.2) is 0 Å². The van der Waals surface area contributed by atoms with E-state index in [0.29, 0.717) is 0 Å². The van der Waals surface area contributed by atoms with E-state index in [0.717, 1.165) is 100 Å². The molecule has 0 saturated heterocycles. The molecule has 0 radical (unpaired) electrons. The van der Waals surface area contributed by atoms with Gasteiger partial charge in [-0.1, -0.05) is 198 Å². The van der Waals surface area contributed by atoms with Crippen LogP contribution >= 0.6 is 0 Å². The molecule has 0 saturated carbocycles. The van der Waals surface area contributed by atoms with E-state index in [-0.39, 0.29) is 11.8 Å². The molecule has 4 nitrogen and oxygen atoms in total. The van der Waals surface area contributed by atoms with Gasteiger partial charge in [-0.05, 0) is 153 Å². The fourth-order valence-corrected chi connectivity index (χ4v) is 12.7. The molecule has 0 N–H and O–H groups in total. The molecule has 14 aromatic rings. The first-order chi connectivity index (χ1) is 38.0. The monoisotopic (exact) mass is 1010 g/mol. The molecular formula is C74H60N2O2. The van der Waals surface area contributed by atoms with Crippen molar-refractivity contribution in [2.45, 2.75) is 67.2 Å². The maximum absolute atomic E-state index is 7.13. The van der Waals surface area contributed by atoms with E-state index >= 15 is 0 Å². The van der Waals surface area contributed by atoms with Gasteiger partial charge in [0.25, 0.3) is 0 Å². The molecule has 0 bridgehead atoms. The Balaban J connectivity index is 1.09. The van der Waals surface area contributed by atoms with Crippen molar-refractivity contribution in [3.8, 4) is 22.3 Å². The number of anilines is 6. The molecule has 378 valence electrons. The second kappa shape index (κ2) is 18.3. The van der Waals surface area contributed by atoms with Crippen LogP contribution in [0, 0.1) is 27.7 Å². The Morgan fingerprint density at radius 2 is 0.641 bits per heavy atom. The predicted molar refractivity (Wildman–Crippen MR) is 332 cm³/mol. The summed E-state index contributed by atoms with van der Waals surface area (Å²) in [4.78, 5) is 5.00. The summed E-state index contributed by atoms with van der Waals surface area (Å²) in [6.45, 7) is 18.1. The first kappa shape index (κ1) is 47.3. The highest BCUT2D eigenvalue weighted by Gasteiger charge is 2.30. The van der Waals surface area contributed by atoms with E-state index in [1.807, 2.05) is 0 Å². The molecule has 0 unspecified atom stereocenters. The molecule has 2 aromatic heterocycles. The number of para-hydroxylation sites is 2. The first-order valence-corrected chi connectivity index (χ1v) is 27.5. The number of fused-ring (bicyclic) bond motifs is 6. The minimum Gasteiger partial charge on any atom is -0.454 e. The van der Waals surface area contributed by atoms with Gasteiger partial charge in [0.05, 0.1) is 22.7 Å². The predicted octanol–water partition coefficient (Wildman–Crippen LogP) is 22.1. The average molecular weight is 1010 g/mol. The van der Waals surface area contributed by atoms with Crippen LogP contribution in [0.1, 0.15) is 72.9 Å². The largest absolute Gasteiger partial charge is 0.454 e. The van der Waals surface area contributed by atoms with Crippen molar-refractivity contribution in [2.75, 3.05) is 9.80 Å². The zero-order valence-corrected chi connectivity index (χ0v) is 45.5. The summed E-state index contributed by atoms with van der Waals surface area (Å²) >= 11 is 0. The Morgan fingerprint density at radius 3 is 1.03 bits per heavy atom.